The number of rotatable bonds is 3. The van der Waals surface area contributed by atoms with Crippen LogP contribution in [0.4, 0.5) is 11.4 Å². The van der Waals surface area contributed by atoms with Gasteiger partial charge in [0.1, 0.15) is 0 Å². The molecule has 3 nitrogen and oxygen atoms in total. The van der Waals surface area contributed by atoms with Gasteiger partial charge in [0.25, 0.3) is 0 Å². The predicted molar refractivity (Wildman–Crippen MR) is 68.4 cm³/mol. The van der Waals surface area contributed by atoms with E-state index in [0.717, 1.165) is 23.2 Å². The van der Waals surface area contributed by atoms with Gasteiger partial charge in [0, 0.05) is 17.3 Å². The average Bonchev–Trinajstić information content (AvgIpc) is 2.24. The third-order valence-corrected chi connectivity index (χ3v) is 2.93. The molecule has 0 aliphatic rings. The molecule has 0 fully saturated rings. The van der Waals surface area contributed by atoms with Crippen LogP contribution in [0.2, 0.25) is 0 Å². The van der Waals surface area contributed by atoms with E-state index in [2.05, 4.69) is 5.32 Å². The largest absolute Gasteiger partial charge is 0.398 e. The van der Waals surface area contributed by atoms with Crippen molar-refractivity contribution in [3.63, 3.8) is 0 Å². The van der Waals surface area contributed by atoms with Crippen molar-refractivity contribution in [1.82, 2.24) is 0 Å². The molecule has 1 amide bonds. The van der Waals surface area contributed by atoms with Crippen molar-refractivity contribution >= 4 is 17.3 Å². The van der Waals surface area contributed by atoms with Gasteiger partial charge in [-0.2, -0.15) is 0 Å². The number of hydrogen-bond donors (Lipinski definition) is 2. The van der Waals surface area contributed by atoms with E-state index in [-0.39, 0.29) is 11.8 Å². The third-order valence-electron chi connectivity index (χ3n) is 2.93. The first-order chi connectivity index (χ1) is 7.45. The van der Waals surface area contributed by atoms with Gasteiger partial charge in [0.15, 0.2) is 0 Å². The Labute approximate surface area is 97.0 Å². The highest BCUT2D eigenvalue weighted by atomic mass is 16.1. The standard InChI is InChI=1S/C13H20N2O/c1-5-8(2)13(16)15-12-7-11(14)9(3)6-10(12)4/h6-8H,5,14H2,1-4H3,(H,15,16). The Kier molecular flexibility index (Phi) is 3.93. The van der Waals surface area contributed by atoms with E-state index in [1.54, 1.807) is 0 Å². The Balaban J connectivity index is 2.90. The topological polar surface area (TPSA) is 55.1 Å². The average molecular weight is 220 g/mol. The molecule has 3 N–H and O–H groups in total. The van der Waals surface area contributed by atoms with Crippen LogP contribution in [0.1, 0.15) is 31.4 Å². The zero-order valence-electron chi connectivity index (χ0n) is 10.4. The predicted octanol–water partition coefficient (Wildman–Crippen LogP) is 2.87. The molecular formula is C13H20N2O. The first-order valence-electron chi connectivity index (χ1n) is 5.63. The fourth-order valence-electron chi connectivity index (χ4n) is 1.45. The number of nitrogen functional groups attached to an aromatic ring is 1. The maximum Gasteiger partial charge on any atom is 0.227 e. The van der Waals surface area contributed by atoms with Crippen molar-refractivity contribution in [1.29, 1.82) is 0 Å². The first-order valence-corrected chi connectivity index (χ1v) is 5.63. The number of benzene rings is 1. The minimum atomic E-state index is 0.0296. The molecule has 1 atom stereocenters. The number of hydrogen-bond acceptors (Lipinski definition) is 2. The van der Waals surface area contributed by atoms with Gasteiger partial charge in [-0.15, -0.1) is 0 Å². The monoisotopic (exact) mass is 220 g/mol. The summed E-state index contributed by atoms with van der Waals surface area (Å²) < 4.78 is 0. The minimum absolute atomic E-state index is 0.0296. The maximum atomic E-state index is 11.7. The van der Waals surface area contributed by atoms with E-state index in [4.69, 9.17) is 5.73 Å². The summed E-state index contributed by atoms with van der Waals surface area (Å²) in [5.41, 5.74) is 9.43. The molecule has 1 aromatic carbocycles. The molecule has 1 rings (SSSR count). The van der Waals surface area contributed by atoms with Gasteiger partial charge < -0.3 is 11.1 Å². The number of nitrogens with one attached hydrogen (secondary N) is 1. The first kappa shape index (κ1) is 12.6. The normalized spacial score (nSPS) is 12.2. The number of anilines is 2. The summed E-state index contributed by atoms with van der Waals surface area (Å²) in [6.45, 7) is 7.85. The summed E-state index contributed by atoms with van der Waals surface area (Å²) >= 11 is 0. The molecule has 0 spiro atoms. The van der Waals surface area contributed by atoms with E-state index in [9.17, 15) is 4.79 Å². The highest BCUT2D eigenvalue weighted by Crippen LogP contribution is 2.22. The van der Waals surface area contributed by atoms with Crippen LogP contribution >= 0.6 is 0 Å². The second kappa shape index (κ2) is 5.01. The van der Waals surface area contributed by atoms with Gasteiger partial charge in [-0.1, -0.05) is 19.9 Å². The van der Waals surface area contributed by atoms with Crippen molar-refractivity contribution in [3.8, 4) is 0 Å². The van der Waals surface area contributed by atoms with Crippen LogP contribution < -0.4 is 11.1 Å². The Hall–Kier alpha value is -1.51. The van der Waals surface area contributed by atoms with Gasteiger partial charge in [-0.05, 0) is 37.5 Å². The van der Waals surface area contributed by atoms with Gasteiger partial charge in [-0.3, -0.25) is 4.79 Å². The van der Waals surface area contributed by atoms with Crippen molar-refractivity contribution < 1.29 is 4.79 Å². The van der Waals surface area contributed by atoms with Crippen LogP contribution in [0.5, 0.6) is 0 Å². The fourth-order valence-corrected chi connectivity index (χ4v) is 1.45. The lowest BCUT2D eigenvalue weighted by Crippen LogP contribution is -2.20. The van der Waals surface area contributed by atoms with Crippen LogP contribution in [0.15, 0.2) is 12.1 Å². The molecule has 0 saturated carbocycles. The van der Waals surface area contributed by atoms with E-state index in [1.807, 2.05) is 39.8 Å². The Bertz CT molecular complexity index is 399. The molecule has 1 aromatic rings. The molecule has 16 heavy (non-hydrogen) atoms. The highest BCUT2D eigenvalue weighted by Gasteiger charge is 2.12. The fraction of sp³-hybridized carbons (Fsp3) is 0.462. The summed E-state index contributed by atoms with van der Waals surface area (Å²) in [5, 5.41) is 2.91. The van der Waals surface area contributed by atoms with Crippen LogP contribution in [-0.4, -0.2) is 5.91 Å². The van der Waals surface area contributed by atoms with E-state index >= 15 is 0 Å². The summed E-state index contributed by atoms with van der Waals surface area (Å²) in [7, 11) is 0. The maximum absolute atomic E-state index is 11.7. The quantitative estimate of drug-likeness (QED) is 0.769. The SMILES string of the molecule is CCC(C)C(=O)Nc1cc(N)c(C)cc1C. The van der Waals surface area contributed by atoms with Gasteiger partial charge in [-0.25, -0.2) is 0 Å². The molecule has 0 aliphatic heterocycles. The lowest BCUT2D eigenvalue weighted by molar-refractivity contribution is -0.119. The molecule has 3 heteroatoms. The lowest BCUT2D eigenvalue weighted by Gasteiger charge is -2.13. The Morgan fingerprint density at radius 1 is 1.38 bits per heavy atom. The Morgan fingerprint density at radius 3 is 2.56 bits per heavy atom. The van der Waals surface area contributed by atoms with Crippen molar-refractivity contribution in [2.24, 2.45) is 5.92 Å². The third kappa shape index (κ3) is 2.75. The highest BCUT2D eigenvalue weighted by molar-refractivity contribution is 5.93. The summed E-state index contributed by atoms with van der Waals surface area (Å²) in [6.07, 6.45) is 0.840. The number of aryl methyl sites for hydroxylation is 2. The molecule has 0 heterocycles. The van der Waals surface area contributed by atoms with Crippen molar-refractivity contribution in [2.75, 3.05) is 11.1 Å². The van der Waals surface area contributed by atoms with Gasteiger partial charge in [0.2, 0.25) is 5.91 Å². The zero-order valence-corrected chi connectivity index (χ0v) is 10.4. The zero-order chi connectivity index (χ0) is 12.3. The molecule has 0 saturated heterocycles. The number of carbonyl (C=O) groups is 1. The molecule has 88 valence electrons. The number of nitrogens with two attached hydrogens (primary N) is 1. The lowest BCUT2D eigenvalue weighted by atomic mass is 10.1. The molecule has 0 aromatic heterocycles. The Morgan fingerprint density at radius 2 is 2.00 bits per heavy atom. The summed E-state index contributed by atoms with van der Waals surface area (Å²) in [6, 6.07) is 3.81. The van der Waals surface area contributed by atoms with Crippen LogP contribution in [-0.2, 0) is 4.79 Å². The summed E-state index contributed by atoms with van der Waals surface area (Å²) in [5.74, 6) is 0.0794. The number of carbonyl (C=O) groups excluding carboxylic acids is 1. The second-order valence-corrected chi connectivity index (χ2v) is 4.32. The van der Waals surface area contributed by atoms with E-state index < -0.39 is 0 Å². The van der Waals surface area contributed by atoms with Crippen LogP contribution in [0, 0.1) is 19.8 Å². The van der Waals surface area contributed by atoms with Gasteiger partial charge >= 0.3 is 0 Å². The molecule has 0 aliphatic carbocycles. The second-order valence-electron chi connectivity index (χ2n) is 4.32. The van der Waals surface area contributed by atoms with E-state index in [1.165, 1.54) is 0 Å². The molecule has 1 unspecified atom stereocenters. The van der Waals surface area contributed by atoms with E-state index in [0.29, 0.717) is 5.69 Å². The number of amides is 1. The van der Waals surface area contributed by atoms with Crippen molar-refractivity contribution in [3.05, 3.63) is 23.3 Å². The molecule has 0 bridgehead atoms. The molecule has 0 radical (unpaired) electrons. The van der Waals surface area contributed by atoms with Crippen molar-refractivity contribution in [2.45, 2.75) is 34.1 Å². The summed E-state index contributed by atoms with van der Waals surface area (Å²) in [4.78, 5) is 11.7. The van der Waals surface area contributed by atoms with Gasteiger partial charge in [0.05, 0.1) is 0 Å². The molecular weight excluding hydrogens is 200 g/mol. The minimum Gasteiger partial charge on any atom is -0.398 e. The van der Waals surface area contributed by atoms with Crippen LogP contribution in [0.25, 0.3) is 0 Å². The van der Waals surface area contributed by atoms with Crippen LogP contribution in [0.3, 0.4) is 0 Å². The smallest absolute Gasteiger partial charge is 0.227 e.